The second kappa shape index (κ2) is 6.53. The molecule has 0 saturated carbocycles. The SMILES string of the molecule is CCNCc1ccc(S(=O)(=O)N2CCN(C)C(C)C2)s1. The zero-order chi connectivity index (χ0) is 14.8. The van der Waals surface area contributed by atoms with Crippen LogP contribution in [0.25, 0.3) is 0 Å². The quantitative estimate of drug-likeness (QED) is 0.886. The first-order valence-electron chi connectivity index (χ1n) is 6.95. The number of nitrogens with one attached hydrogen (secondary N) is 1. The van der Waals surface area contributed by atoms with Gasteiger partial charge in [0.05, 0.1) is 0 Å². The van der Waals surface area contributed by atoms with Crippen LogP contribution in [-0.4, -0.2) is 56.9 Å². The fraction of sp³-hybridized carbons (Fsp3) is 0.692. The molecule has 1 fully saturated rings. The maximum absolute atomic E-state index is 12.6. The van der Waals surface area contributed by atoms with Crippen LogP contribution >= 0.6 is 11.3 Å². The molecule has 0 amide bonds. The Hall–Kier alpha value is -0.470. The van der Waals surface area contributed by atoms with Crippen LogP contribution in [0.3, 0.4) is 0 Å². The Bertz CT molecular complexity index is 542. The number of nitrogens with zero attached hydrogens (tertiary/aromatic N) is 2. The summed E-state index contributed by atoms with van der Waals surface area (Å²) in [7, 11) is -1.29. The Morgan fingerprint density at radius 1 is 1.40 bits per heavy atom. The number of hydrogen-bond donors (Lipinski definition) is 1. The molecule has 114 valence electrons. The van der Waals surface area contributed by atoms with E-state index < -0.39 is 10.0 Å². The number of hydrogen-bond acceptors (Lipinski definition) is 5. The predicted octanol–water partition coefficient (Wildman–Crippen LogP) is 1.18. The Morgan fingerprint density at radius 3 is 2.80 bits per heavy atom. The van der Waals surface area contributed by atoms with Gasteiger partial charge in [0.15, 0.2) is 0 Å². The van der Waals surface area contributed by atoms with Crippen LogP contribution in [0, 0.1) is 0 Å². The summed E-state index contributed by atoms with van der Waals surface area (Å²) in [6.07, 6.45) is 0. The van der Waals surface area contributed by atoms with Crippen LogP contribution in [-0.2, 0) is 16.6 Å². The van der Waals surface area contributed by atoms with Crippen LogP contribution in [0.4, 0.5) is 0 Å². The van der Waals surface area contributed by atoms with E-state index in [1.54, 1.807) is 10.4 Å². The lowest BCUT2D eigenvalue weighted by atomic mass is 10.2. The van der Waals surface area contributed by atoms with Gasteiger partial charge in [-0.3, -0.25) is 0 Å². The van der Waals surface area contributed by atoms with E-state index >= 15 is 0 Å². The third kappa shape index (κ3) is 3.40. The van der Waals surface area contributed by atoms with Gasteiger partial charge >= 0.3 is 0 Å². The lowest BCUT2D eigenvalue weighted by molar-refractivity contribution is 0.160. The lowest BCUT2D eigenvalue weighted by Gasteiger charge is -2.36. The Morgan fingerprint density at radius 2 is 2.15 bits per heavy atom. The summed E-state index contributed by atoms with van der Waals surface area (Å²) in [5.41, 5.74) is 0. The van der Waals surface area contributed by atoms with Gasteiger partial charge < -0.3 is 10.2 Å². The van der Waals surface area contributed by atoms with Gasteiger partial charge in [-0.15, -0.1) is 11.3 Å². The molecule has 1 atom stereocenters. The van der Waals surface area contributed by atoms with Gasteiger partial charge in [-0.25, -0.2) is 8.42 Å². The number of sulfonamides is 1. The Labute approximate surface area is 125 Å². The van der Waals surface area contributed by atoms with Gasteiger partial charge in [-0.1, -0.05) is 6.92 Å². The molecule has 1 N–H and O–H groups in total. The molecule has 1 aliphatic heterocycles. The average molecular weight is 317 g/mol. The summed E-state index contributed by atoms with van der Waals surface area (Å²) >= 11 is 1.37. The largest absolute Gasteiger partial charge is 0.312 e. The van der Waals surface area contributed by atoms with Gasteiger partial charge in [-0.05, 0) is 32.6 Å². The number of piperazine rings is 1. The van der Waals surface area contributed by atoms with E-state index in [1.807, 2.05) is 20.0 Å². The van der Waals surface area contributed by atoms with Crippen molar-refractivity contribution < 1.29 is 8.42 Å². The molecular weight excluding hydrogens is 294 g/mol. The van der Waals surface area contributed by atoms with E-state index in [-0.39, 0.29) is 6.04 Å². The average Bonchev–Trinajstić information content (AvgIpc) is 2.89. The summed E-state index contributed by atoms with van der Waals surface area (Å²) in [4.78, 5) is 3.25. The van der Waals surface area contributed by atoms with E-state index in [0.29, 0.717) is 17.3 Å². The zero-order valence-electron chi connectivity index (χ0n) is 12.3. The molecule has 1 unspecified atom stereocenters. The van der Waals surface area contributed by atoms with Crippen molar-refractivity contribution in [3.63, 3.8) is 0 Å². The van der Waals surface area contributed by atoms with Crippen molar-refractivity contribution in [1.82, 2.24) is 14.5 Å². The maximum Gasteiger partial charge on any atom is 0.252 e. The van der Waals surface area contributed by atoms with Crippen molar-refractivity contribution in [2.75, 3.05) is 33.2 Å². The van der Waals surface area contributed by atoms with Crippen molar-refractivity contribution in [3.8, 4) is 0 Å². The normalized spacial score (nSPS) is 22.2. The first-order valence-corrected chi connectivity index (χ1v) is 9.20. The monoisotopic (exact) mass is 317 g/mol. The molecule has 20 heavy (non-hydrogen) atoms. The minimum Gasteiger partial charge on any atom is -0.312 e. The fourth-order valence-corrected chi connectivity index (χ4v) is 5.19. The molecule has 1 saturated heterocycles. The number of likely N-dealkylation sites (N-methyl/N-ethyl adjacent to an activating group) is 1. The summed E-state index contributed by atoms with van der Waals surface area (Å²) in [6, 6.07) is 3.90. The fourth-order valence-electron chi connectivity index (χ4n) is 2.20. The molecule has 1 aromatic heterocycles. The van der Waals surface area contributed by atoms with Crippen LogP contribution < -0.4 is 5.32 Å². The van der Waals surface area contributed by atoms with Crippen LogP contribution in [0.15, 0.2) is 16.3 Å². The van der Waals surface area contributed by atoms with Gasteiger partial charge in [0, 0.05) is 37.1 Å². The maximum atomic E-state index is 12.6. The van der Waals surface area contributed by atoms with Gasteiger partial charge in [0.2, 0.25) is 0 Å². The molecule has 5 nitrogen and oxygen atoms in total. The van der Waals surface area contributed by atoms with Crippen LogP contribution in [0.1, 0.15) is 18.7 Å². The molecule has 0 aromatic carbocycles. The molecule has 7 heteroatoms. The highest BCUT2D eigenvalue weighted by atomic mass is 32.2. The zero-order valence-corrected chi connectivity index (χ0v) is 13.9. The molecule has 0 aliphatic carbocycles. The lowest BCUT2D eigenvalue weighted by Crippen LogP contribution is -2.51. The summed E-state index contributed by atoms with van der Waals surface area (Å²) in [5, 5.41) is 3.22. The minimum absolute atomic E-state index is 0.264. The summed E-state index contributed by atoms with van der Waals surface area (Å²) in [5.74, 6) is 0. The standard InChI is InChI=1S/C13H23N3O2S2/c1-4-14-9-12-5-6-13(19-12)20(17,18)16-8-7-15(3)11(2)10-16/h5-6,11,14H,4,7-10H2,1-3H3. The van der Waals surface area contributed by atoms with E-state index in [2.05, 4.69) is 17.1 Å². The van der Waals surface area contributed by atoms with E-state index in [4.69, 9.17) is 0 Å². The molecule has 1 aliphatic rings. The van der Waals surface area contributed by atoms with Crippen LogP contribution in [0.2, 0.25) is 0 Å². The van der Waals surface area contributed by atoms with Crippen molar-refractivity contribution >= 4 is 21.4 Å². The van der Waals surface area contributed by atoms with Crippen molar-refractivity contribution in [1.29, 1.82) is 0 Å². The molecule has 2 heterocycles. The second-order valence-corrected chi connectivity index (χ2v) is 8.53. The Kier molecular flexibility index (Phi) is 5.19. The van der Waals surface area contributed by atoms with Crippen molar-refractivity contribution in [3.05, 3.63) is 17.0 Å². The number of rotatable bonds is 5. The molecule has 2 rings (SSSR count). The molecule has 0 spiro atoms. The minimum atomic E-state index is -3.33. The number of thiophene rings is 1. The Balaban J connectivity index is 2.12. The van der Waals surface area contributed by atoms with Crippen LogP contribution in [0.5, 0.6) is 0 Å². The van der Waals surface area contributed by atoms with Gasteiger partial charge in [0.1, 0.15) is 4.21 Å². The van der Waals surface area contributed by atoms with E-state index in [1.165, 1.54) is 11.3 Å². The molecule has 1 aromatic rings. The summed E-state index contributed by atoms with van der Waals surface area (Å²) in [6.45, 7) is 7.65. The highest BCUT2D eigenvalue weighted by molar-refractivity contribution is 7.91. The van der Waals surface area contributed by atoms with Gasteiger partial charge in [0.25, 0.3) is 10.0 Å². The first-order chi connectivity index (χ1) is 9.45. The molecule has 0 bridgehead atoms. The second-order valence-electron chi connectivity index (χ2n) is 5.19. The summed E-state index contributed by atoms with van der Waals surface area (Å²) < 4.78 is 27.3. The third-order valence-corrected chi connectivity index (χ3v) is 7.12. The highest BCUT2D eigenvalue weighted by Crippen LogP contribution is 2.26. The topological polar surface area (TPSA) is 52.7 Å². The predicted molar refractivity (Wildman–Crippen MR) is 82.6 cm³/mol. The smallest absolute Gasteiger partial charge is 0.252 e. The molecular formula is C13H23N3O2S2. The molecule has 0 radical (unpaired) electrons. The van der Waals surface area contributed by atoms with Crippen molar-refractivity contribution in [2.45, 2.75) is 30.6 Å². The van der Waals surface area contributed by atoms with E-state index in [9.17, 15) is 8.42 Å². The highest BCUT2D eigenvalue weighted by Gasteiger charge is 2.31. The third-order valence-electron chi connectivity index (χ3n) is 3.70. The first kappa shape index (κ1) is 15.9. The van der Waals surface area contributed by atoms with E-state index in [0.717, 1.165) is 24.5 Å². The van der Waals surface area contributed by atoms with Crippen molar-refractivity contribution in [2.24, 2.45) is 0 Å². The van der Waals surface area contributed by atoms with Gasteiger partial charge in [-0.2, -0.15) is 4.31 Å².